The highest BCUT2D eigenvalue weighted by molar-refractivity contribution is 6.99. The summed E-state index contributed by atoms with van der Waals surface area (Å²) in [7, 11) is -2.57. The molecule has 3 nitrogen and oxygen atoms in total. The Morgan fingerprint density at radius 3 is 1.80 bits per heavy atom. The first-order valence-corrected chi connectivity index (χ1v) is 12.0. The van der Waals surface area contributed by atoms with E-state index in [0.717, 1.165) is 17.2 Å². The summed E-state index contributed by atoms with van der Waals surface area (Å²) in [5, 5.41) is 11.2. The Labute approximate surface area is 179 Å². The third-order valence-electron chi connectivity index (χ3n) is 5.27. The minimum Gasteiger partial charge on any atom is -0.478 e. The maximum Gasteiger partial charge on any atom is 0.328 e. The molecule has 0 fully saturated rings. The molecule has 0 radical (unpaired) electrons. The summed E-state index contributed by atoms with van der Waals surface area (Å²) < 4.78 is 6.92. The van der Waals surface area contributed by atoms with Crippen LogP contribution < -0.4 is 10.4 Å². The lowest BCUT2D eigenvalue weighted by Gasteiger charge is -2.43. The van der Waals surface area contributed by atoms with Gasteiger partial charge in [0.1, 0.15) is 0 Å². The van der Waals surface area contributed by atoms with Crippen LogP contribution in [0.25, 0.3) is 6.08 Å². The molecule has 3 aromatic carbocycles. The van der Waals surface area contributed by atoms with Gasteiger partial charge >= 0.3 is 5.97 Å². The number of carboxylic acids is 1. The molecule has 0 aromatic heterocycles. The van der Waals surface area contributed by atoms with Gasteiger partial charge in [-0.1, -0.05) is 106 Å². The van der Waals surface area contributed by atoms with Crippen molar-refractivity contribution < 1.29 is 14.3 Å². The molecule has 0 spiro atoms. The van der Waals surface area contributed by atoms with Crippen LogP contribution in [0.1, 0.15) is 31.9 Å². The fraction of sp³-hybridized carbons (Fsp3) is 0.192. The van der Waals surface area contributed by atoms with E-state index >= 15 is 0 Å². The summed E-state index contributed by atoms with van der Waals surface area (Å²) in [6, 6.07) is 29.0. The number of hydrogen-bond acceptors (Lipinski definition) is 2. The van der Waals surface area contributed by atoms with Crippen LogP contribution in [0, 0.1) is 0 Å². The molecule has 0 bridgehead atoms. The van der Waals surface area contributed by atoms with Gasteiger partial charge in [0.25, 0.3) is 8.32 Å². The first-order valence-electron chi connectivity index (χ1n) is 10.1. The molecule has 0 aliphatic heterocycles. The van der Waals surface area contributed by atoms with Gasteiger partial charge < -0.3 is 9.53 Å². The molecule has 154 valence electrons. The van der Waals surface area contributed by atoms with Gasteiger partial charge in [-0.05, 0) is 32.6 Å². The van der Waals surface area contributed by atoms with Crippen LogP contribution in [0.2, 0.25) is 5.04 Å². The summed E-state index contributed by atoms with van der Waals surface area (Å²) in [6.07, 6.45) is 2.74. The number of aliphatic carboxylic acids is 1. The second-order valence-corrected chi connectivity index (χ2v) is 12.7. The van der Waals surface area contributed by atoms with Gasteiger partial charge in [-0.15, -0.1) is 0 Å². The largest absolute Gasteiger partial charge is 0.478 e. The van der Waals surface area contributed by atoms with Gasteiger partial charge in [-0.3, -0.25) is 0 Å². The molecule has 0 atom stereocenters. The Balaban J connectivity index is 1.97. The van der Waals surface area contributed by atoms with E-state index in [-0.39, 0.29) is 5.04 Å². The summed E-state index contributed by atoms with van der Waals surface area (Å²) in [5.41, 5.74) is 1.92. The summed E-state index contributed by atoms with van der Waals surface area (Å²) in [6.45, 7) is 7.28. The summed E-state index contributed by atoms with van der Waals surface area (Å²) in [5.74, 6) is -0.950. The number of benzene rings is 3. The zero-order valence-corrected chi connectivity index (χ0v) is 18.7. The second-order valence-electron chi connectivity index (χ2n) is 8.37. The Morgan fingerprint density at radius 1 is 0.867 bits per heavy atom. The van der Waals surface area contributed by atoms with Gasteiger partial charge in [0, 0.05) is 6.08 Å². The van der Waals surface area contributed by atoms with E-state index in [1.807, 2.05) is 36.4 Å². The minimum atomic E-state index is -2.57. The standard InChI is InChI=1S/C26H28O3Si/c1-26(2,3)30(23-10-6-4-7-11-23,24-12-8-5-9-13-24)29-20-22-16-14-21(15-17-22)18-19-25(27)28/h4-19H,20H2,1-3H3,(H,27,28). The van der Waals surface area contributed by atoms with Crippen molar-refractivity contribution in [3.8, 4) is 0 Å². The van der Waals surface area contributed by atoms with Crippen molar-refractivity contribution in [1.82, 2.24) is 0 Å². The third kappa shape index (κ3) is 4.78. The molecule has 0 heterocycles. The van der Waals surface area contributed by atoms with E-state index in [1.165, 1.54) is 10.4 Å². The van der Waals surface area contributed by atoms with Gasteiger partial charge in [0.2, 0.25) is 0 Å². The first-order chi connectivity index (χ1) is 14.3. The van der Waals surface area contributed by atoms with E-state index in [0.29, 0.717) is 6.61 Å². The molecule has 1 N–H and O–H groups in total. The van der Waals surface area contributed by atoms with Gasteiger partial charge in [-0.2, -0.15) is 0 Å². The Morgan fingerprint density at radius 2 is 1.37 bits per heavy atom. The fourth-order valence-electron chi connectivity index (χ4n) is 3.85. The van der Waals surface area contributed by atoms with Crippen molar-refractivity contribution in [3.05, 3.63) is 102 Å². The summed E-state index contributed by atoms with van der Waals surface area (Å²) in [4.78, 5) is 10.7. The van der Waals surface area contributed by atoms with Crippen molar-refractivity contribution in [1.29, 1.82) is 0 Å². The number of carboxylic acid groups (broad SMARTS) is 1. The maximum atomic E-state index is 10.7. The lowest BCUT2D eigenvalue weighted by molar-refractivity contribution is -0.131. The van der Waals surface area contributed by atoms with Crippen molar-refractivity contribution in [2.24, 2.45) is 0 Å². The predicted octanol–water partition coefficient (Wildman–Crippen LogP) is 4.86. The van der Waals surface area contributed by atoms with E-state index in [1.54, 1.807) is 6.08 Å². The average Bonchev–Trinajstić information content (AvgIpc) is 2.74. The highest BCUT2D eigenvalue weighted by Gasteiger charge is 2.50. The van der Waals surface area contributed by atoms with Crippen LogP contribution in [0.15, 0.2) is 91.0 Å². The van der Waals surface area contributed by atoms with Gasteiger partial charge in [0.05, 0.1) is 6.61 Å². The van der Waals surface area contributed by atoms with Crippen LogP contribution >= 0.6 is 0 Å². The monoisotopic (exact) mass is 416 g/mol. The molecule has 4 heteroatoms. The molecule has 0 saturated carbocycles. The Bertz CT molecular complexity index is 948. The third-order valence-corrected chi connectivity index (χ3v) is 10.3. The van der Waals surface area contributed by atoms with Crippen molar-refractivity contribution in [2.75, 3.05) is 0 Å². The molecule has 0 saturated heterocycles. The predicted molar refractivity (Wildman–Crippen MR) is 126 cm³/mol. The number of rotatable bonds is 7. The lowest BCUT2D eigenvalue weighted by atomic mass is 10.1. The van der Waals surface area contributed by atoms with Crippen LogP contribution in [-0.4, -0.2) is 19.4 Å². The van der Waals surface area contributed by atoms with Crippen LogP contribution in [-0.2, 0) is 15.8 Å². The number of carbonyl (C=O) groups is 1. The van der Waals surface area contributed by atoms with Crippen molar-refractivity contribution >= 4 is 30.7 Å². The highest BCUT2D eigenvalue weighted by atomic mass is 28.4. The normalized spacial score (nSPS) is 12.2. The van der Waals surface area contributed by atoms with E-state index in [4.69, 9.17) is 9.53 Å². The molecular formula is C26H28O3Si. The van der Waals surface area contributed by atoms with Crippen molar-refractivity contribution in [2.45, 2.75) is 32.4 Å². The second kappa shape index (κ2) is 9.24. The van der Waals surface area contributed by atoms with Gasteiger partial charge in [0.15, 0.2) is 0 Å². The first kappa shape index (κ1) is 21.7. The van der Waals surface area contributed by atoms with Gasteiger partial charge in [-0.25, -0.2) is 4.79 Å². The average molecular weight is 417 g/mol. The summed E-state index contributed by atoms with van der Waals surface area (Å²) >= 11 is 0. The minimum absolute atomic E-state index is 0.0696. The molecule has 3 rings (SSSR count). The van der Waals surface area contributed by atoms with E-state index < -0.39 is 14.3 Å². The smallest absolute Gasteiger partial charge is 0.328 e. The molecular weight excluding hydrogens is 388 g/mol. The Hall–Kier alpha value is -2.95. The quantitative estimate of drug-likeness (QED) is 0.442. The topological polar surface area (TPSA) is 46.5 Å². The molecule has 0 unspecified atom stereocenters. The van der Waals surface area contributed by atoms with E-state index in [2.05, 4.69) is 69.3 Å². The van der Waals surface area contributed by atoms with E-state index in [9.17, 15) is 4.79 Å². The zero-order valence-electron chi connectivity index (χ0n) is 17.7. The lowest BCUT2D eigenvalue weighted by Crippen LogP contribution is -2.66. The zero-order chi connectivity index (χ0) is 21.6. The number of hydrogen-bond donors (Lipinski definition) is 1. The van der Waals surface area contributed by atoms with Crippen LogP contribution in [0.3, 0.4) is 0 Å². The molecule has 0 aliphatic carbocycles. The van der Waals surface area contributed by atoms with Crippen molar-refractivity contribution in [3.63, 3.8) is 0 Å². The van der Waals surface area contributed by atoms with Crippen LogP contribution in [0.4, 0.5) is 0 Å². The Kier molecular flexibility index (Phi) is 6.70. The fourth-order valence-corrected chi connectivity index (χ4v) is 8.38. The molecule has 0 aliphatic rings. The maximum absolute atomic E-state index is 10.7. The highest BCUT2D eigenvalue weighted by Crippen LogP contribution is 2.37. The molecule has 30 heavy (non-hydrogen) atoms. The van der Waals surface area contributed by atoms with Crippen LogP contribution in [0.5, 0.6) is 0 Å². The molecule has 0 amide bonds. The SMILES string of the molecule is CC(C)(C)[Si](OCc1ccc(C=CC(=O)O)cc1)(c1ccccc1)c1ccccc1. The molecule has 3 aromatic rings.